The van der Waals surface area contributed by atoms with Crippen LogP contribution in [0.1, 0.15) is 0 Å². The molecule has 0 spiro atoms. The monoisotopic (exact) mass is 303 g/mol. The van der Waals surface area contributed by atoms with E-state index >= 15 is 0 Å². The van der Waals surface area contributed by atoms with Crippen molar-refractivity contribution in [2.45, 2.75) is 6.36 Å². The Labute approximate surface area is 117 Å². The second kappa shape index (κ2) is 5.58. The fraction of sp³-hybridized carbons (Fsp3) is 0.154. The van der Waals surface area contributed by atoms with E-state index in [2.05, 4.69) is 9.72 Å². The molecule has 1 aromatic carbocycles. The Morgan fingerprint density at radius 1 is 1.10 bits per heavy atom. The van der Waals surface area contributed by atoms with Gasteiger partial charge in [0.2, 0.25) is 5.88 Å². The van der Waals surface area contributed by atoms with Crippen LogP contribution in [0.4, 0.5) is 13.2 Å². The van der Waals surface area contributed by atoms with Gasteiger partial charge in [-0.2, -0.15) is 0 Å². The average Bonchev–Trinajstić information content (AvgIpc) is 2.36. The van der Waals surface area contributed by atoms with Crippen LogP contribution in [0.3, 0.4) is 0 Å². The summed E-state index contributed by atoms with van der Waals surface area (Å²) in [5.41, 5.74) is 1.09. The van der Waals surface area contributed by atoms with Gasteiger partial charge in [0.05, 0.1) is 7.11 Å². The Morgan fingerprint density at radius 2 is 1.85 bits per heavy atom. The van der Waals surface area contributed by atoms with Crippen LogP contribution in [0.2, 0.25) is 5.15 Å². The first kappa shape index (κ1) is 14.5. The molecule has 0 unspecified atom stereocenters. The van der Waals surface area contributed by atoms with E-state index in [0.717, 1.165) is 0 Å². The smallest absolute Gasteiger partial charge is 0.481 e. The third-order valence-electron chi connectivity index (χ3n) is 2.38. The summed E-state index contributed by atoms with van der Waals surface area (Å²) in [5, 5.41) is 0.182. The van der Waals surface area contributed by atoms with Gasteiger partial charge < -0.3 is 9.47 Å². The number of hydrogen-bond donors (Lipinski definition) is 0. The van der Waals surface area contributed by atoms with Crippen molar-refractivity contribution in [3.63, 3.8) is 0 Å². The summed E-state index contributed by atoms with van der Waals surface area (Å²) in [5.74, 6) is -0.0310. The fourth-order valence-corrected chi connectivity index (χ4v) is 1.82. The van der Waals surface area contributed by atoms with Crippen LogP contribution in [0.5, 0.6) is 11.6 Å². The molecule has 2 aromatic rings. The summed E-state index contributed by atoms with van der Waals surface area (Å²) in [6, 6.07) is 8.66. The van der Waals surface area contributed by atoms with Crippen molar-refractivity contribution in [3.05, 3.63) is 41.6 Å². The number of methoxy groups -OCH3 is 1. The van der Waals surface area contributed by atoms with E-state index in [9.17, 15) is 13.2 Å². The summed E-state index contributed by atoms with van der Waals surface area (Å²) >= 11 is 5.82. The summed E-state index contributed by atoms with van der Waals surface area (Å²) in [6.07, 6.45) is -4.73. The van der Waals surface area contributed by atoms with Gasteiger partial charge in [-0.25, -0.2) is 4.98 Å². The van der Waals surface area contributed by atoms with Gasteiger partial charge in [-0.3, -0.25) is 0 Å². The van der Waals surface area contributed by atoms with Crippen LogP contribution >= 0.6 is 11.6 Å². The fourth-order valence-electron chi connectivity index (χ4n) is 1.62. The topological polar surface area (TPSA) is 31.4 Å². The van der Waals surface area contributed by atoms with E-state index in [-0.39, 0.29) is 16.8 Å². The summed E-state index contributed by atoms with van der Waals surface area (Å²) in [6.45, 7) is 0. The maximum Gasteiger partial charge on any atom is 0.573 e. The first-order chi connectivity index (χ1) is 9.37. The van der Waals surface area contributed by atoms with Gasteiger partial charge in [0.15, 0.2) is 0 Å². The first-order valence-electron chi connectivity index (χ1n) is 5.45. The van der Waals surface area contributed by atoms with Crippen LogP contribution in [-0.2, 0) is 0 Å². The molecular formula is C13H9ClF3NO2. The highest BCUT2D eigenvalue weighted by Crippen LogP contribution is 2.30. The van der Waals surface area contributed by atoms with Gasteiger partial charge in [0, 0.05) is 6.07 Å². The number of pyridine rings is 1. The van der Waals surface area contributed by atoms with E-state index in [1.54, 1.807) is 12.1 Å². The lowest BCUT2D eigenvalue weighted by molar-refractivity contribution is -0.274. The Kier molecular flexibility index (Phi) is 4.04. The molecule has 0 aliphatic carbocycles. The molecule has 0 saturated carbocycles. The molecule has 3 nitrogen and oxygen atoms in total. The second-order valence-corrected chi connectivity index (χ2v) is 4.18. The minimum absolute atomic E-state index is 0.182. The van der Waals surface area contributed by atoms with Gasteiger partial charge in [0.25, 0.3) is 0 Å². The lowest BCUT2D eigenvalue weighted by Gasteiger charge is -2.10. The Hall–Kier alpha value is -1.95. The normalized spacial score (nSPS) is 11.2. The molecule has 0 aliphatic heterocycles. The van der Waals surface area contributed by atoms with E-state index in [1.807, 2.05) is 0 Å². The Bertz CT molecular complexity index is 617. The van der Waals surface area contributed by atoms with E-state index in [1.165, 1.54) is 31.4 Å². The third-order valence-corrected chi connectivity index (χ3v) is 2.57. The van der Waals surface area contributed by atoms with Crippen molar-refractivity contribution in [1.29, 1.82) is 0 Å². The van der Waals surface area contributed by atoms with Gasteiger partial charge in [-0.15, -0.1) is 13.2 Å². The molecule has 0 fully saturated rings. The number of aromatic nitrogens is 1. The van der Waals surface area contributed by atoms with E-state index in [0.29, 0.717) is 11.1 Å². The molecule has 0 saturated heterocycles. The minimum atomic E-state index is -4.73. The Morgan fingerprint density at radius 3 is 2.50 bits per heavy atom. The molecule has 106 valence electrons. The van der Waals surface area contributed by atoms with Crippen molar-refractivity contribution < 1.29 is 22.6 Å². The molecular weight excluding hydrogens is 295 g/mol. The van der Waals surface area contributed by atoms with Crippen LogP contribution in [0, 0.1) is 0 Å². The van der Waals surface area contributed by atoms with Gasteiger partial charge in [-0.1, -0.05) is 23.7 Å². The van der Waals surface area contributed by atoms with Gasteiger partial charge in [-0.05, 0) is 29.3 Å². The largest absolute Gasteiger partial charge is 0.573 e. The van der Waals surface area contributed by atoms with E-state index in [4.69, 9.17) is 16.3 Å². The lowest BCUT2D eigenvalue weighted by Crippen LogP contribution is -2.17. The zero-order valence-corrected chi connectivity index (χ0v) is 11.0. The molecule has 1 heterocycles. The zero-order valence-electron chi connectivity index (χ0n) is 10.2. The molecule has 2 rings (SSSR count). The summed E-state index contributed by atoms with van der Waals surface area (Å²) < 4.78 is 45.4. The molecule has 0 aliphatic rings. The van der Waals surface area contributed by atoms with Crippen molar-refractivity contribution in [2.24, 2.45) is 0 Å². The van der Waals surface area contributed by atoms with Crippen LogP contribution in [0.15, 0.2) is 36.4 Å². The quantitative estimate of drug-likeness (QED) is 0.792. The molecule has 7 heteroatoms. The van der Waals surface area contributed by atoms with Gasteiger partial charge in [0.1, 0.15) is 10.9 Å². The van der Waals surface area contributed by atoms with Crippen molar-refractivity contribution in [3.8, 4) is 22.8 Å². The molecule has 0 radical (unpaired) electrons. The van der Waals surface area contributed by atoms with Crippen molar-refractivity contribution >= 4 is 11.6 Å². The Balaban J connectivity index is 2.38. The molecule has 0 amide bonds. The first-order valence-corrected chi connectivity index (χ1v) is 5.83. The number of nitrogens with zero attached hydrogens (tertiary/aromatic N) is 1. The standard InChI is InChI=1S/C13H9ClF3NO2/c1-19-12-7-9(6-11(14)18-12)8-3-2-4-10(5-8)20-13(15,16)17/h2-7H,1H3. The number of benzene rings is 1. The maximum absolute atomic E-state index is 12.2. The molecule has 0 N–H and O–H groups in total. The highest BCUT2D eigenvalue weighted by molar-refractivity contribution is 6.29. The van der Waals surface area contributed by atoms with Crippen LogP contribution < -0.4 is 9.47 Å². The van der Waals surface area contributed by atoms with Gasteiger partial charge >= 0.3 is 6.36 Å². The number of halogens is 4. The van der Waals surface area contributed by atoms with Crippen molar-refractivity contribution in [1.82, 2.24) is 4.98 Å². The average molecular weight is 304 g/mol. The SMILES string of the molecule is COc1cc(-c2cccc(OC(F)(F)F)c2)cc(Cl)n1. The predicted octanol–water partition coefficient (Wildman–Crippen LogP) is 4.31. The van der Waals surface area contributed by atoms with Crippen LogP contribution in [0.25, 0.3) is 11.1 Å². The lowest BCUT2D eigenvalue weighted by atomic mass is 10.1. The number of hydrogen-bond acceptors (Lipinski definition) is 3. The number of ether oxygens (including phenoxy) is 2. The number of alkyl halides is 3. The van der Waals surface area contributed by atoms with E-state index < -0.39 is 6.36 Å². The van der Waals surface area contributed by atoms with Crippen molar-refractivity contribution in [2.75, 3.05) is 7.11 Å². The summed E-state index contributed by atoms with van der Waals surface area (Å²) in [7, 11) is 1.42. The van der Waals surface area contributed by atoms with Crippen LogP contribution in [-0.4, -0.2) is 18.5 Å². The molecule has 0 bridgehead atoms. The summed E-state index contributed by atoms with van der Waals surface area (Å²) in [4.78, 5) is 3.89. The zero-order chi connectivity index (χ0) is 14.8. The predicted molar refractivity (Wildman–Crippen MR) is 67.9 cm³/mol. The molecule has 20 heavy (non-hydrogen) atoms. The number of rotatable bonds is 3. The third kappa shape index (κ3) is 3.77. The molecule has 1 aromatic heterocycles. The molecule has 0 atom stereocenters. The highest BCUT2D eigenvalue weighted by atomic mass is 35.5. The highest BCUT2D eigenvalue weighted by Gasteiger charge is 2.31. The minimum Gasteiger partial charge on any atom is -0.481 e. The second-order valence-electron chi connectivity index (χ2n) is 3.80. The maximum atomic E-state index is 12.2.